The molecule has 0 aliphatic heterocycles. The highest BCUT2D eigenvalue weighted by atomic mass is 16.5. The van der Waals surface area contributed by atoms with Gasteiger partial charge in [-0.25, -0.2) is 0 Å². The quantitative estimate of drug-likeness (QED) is 0.794. The van der Waals surface area contributed by atoms with Crippen LogP contribution in [0.1, 0.15) is 26.3 Å². The molecule has 1 aromatic rings. The molecule has 0 saturated carbocycles. The molecule has 17 heavy (non-hydrogen) atoms. The summed E-state index contributed by atoms with van der Waals surface area (Å²) in [7, 11) is 1.41. The van der Waals surface area contributed by atoms with E-state index in [9.17, 15) is 4.79 Å². The second-order valence-corrected chi connectivity index (χ2v) is 4.88. The maximum absolute atomic E-state index is 11.3. The largest absolute Gasteiger partial charge is 0.468 e. The van der Waals surface area contributed by atoms with Crippen molar-refractivity contribution in [2.75, 3.05) is 13.7 Å². The highest BCUT2D eigenvalue weighted by Gasteiger charge is 2.22. The van der Waals surface area contributed by atoms with Gasteiger partial charge in [-0.3, -0.25) is 4.79 Å². The fourth-order valence-corrected chi connectivity index (χ4v) is 1.66. The number of ether oxygens (including phenoxy) is 1. The van der Waals surface area contributed by atoms with Crippen molar-refractivity contribution in [2.45, 2.75) is 32.2 Å². The Morgan fingerprint density at radius 1 is 1.35 bits per heavy atom. The molecule has 1 aromatic carbocycles. The lowest BCUT2D eigenvalue weighted by atomic mass is 9.84. The summed E-state index contributed by atoms with van der Waals surface area (Å²) in [6.45, 7) is 6.85. The Kier molecular flexibility index (Phi) is 4.70. The number of esters is 1. The molecule has 1 atom stereocenters. The minimum atomic E-state index is -0.275. The Bertz CT molecular complexity index is 360. The summed E-state index contributed by atoms with van der Waals surface area (Å²) in [5, 5.41) is 3.20. The zero-order valence-electron chi connectivity index (χ0n) is 11.0. The molecule has 0 amide bonds. The minimum Gasteiger partial charge on any atom is -0.468 e. The van der Waals surface area contributed by atoms with Gasteiger partial charge in [-0.1, -0.05) is 44.2 Å². The third-order valence-electron chi connectivity index (χ3n) is 2.96. The maximum Gasteiger partial charge on any atom is 0.322 e. The third-order valence-corrected chi connectivity index (χ3v) is 2.96. The van der Waals surface area contributed by atoms with Crippen LogP contribution in [0.4, 0.5) is 0 Å². The van der Waals surface area contributed by atoms with Crippen LogP contribution in [-0.2, 0) is 14.9 Å². The normalized spacial score (nSPS) is 13.2. The molecule has 0 aliphatic rings. The summed E-state index contributed by atoms with van der Waals surface area (Å²) in [6, 6.07) is 9.99. The molecule has 1 N–H and O–H groups in total. The molecular formula is C14H21NO2. The molecule has 0 spiro atoms. The molecule has 3 nitrogen and oxygen atoms in total. The highest BCUT2D eigenvalue weighted by Crippen LogP contribution is 2.21. The molecule has 0 aliphatic carbocycles. The molecule has 0 saturated heterocycles. The van der Waals surface area contributed by atoms with E-state index in [0.29, 0.717) is 0 Å². The van der Waals surface area contributed by atoms with Crippen LogP contribution in [0.2, 0.25) is 0 Å². The minimum absolute atomic E-state index is 0.0104. The Morgan fingerprint density at radius 3 is 2.47 bits per heavy atom. The molecule has 94 valence electrons. The SMILES string of the molecule is COC(=O)C(C)NCC(C)(C)c1ccccc1. The Labute approximate surface area is 103 Å². The summed E-state index contributed by atoms with van der Waals surface area (Å²) in [6.07, 6.45) is 0. The highest BCUT2D eigenvalue weighted by molar-refractivity contribution is 5.75. The first-order chi connectivity index (χ1) is 7.97. The Hall–Kier alpha value is -1.35. The summed E-state index contributed by atoms with van der Waals surface area (Å²) in [5.74, 6) is -0.228. The van der Waals surface area contributed by atoms with Gasteiger partial charge in [-0.05, 0) is 12.5 Å². The van der Waals surface area contributed by atoms with Crippen molar-refractivity contribution in [2.24, 2.45) is 0 Å². The van der Waals surface area contributed by atoms with Gasteiger partial charge in [-0.2, -0.15) is 0 Å². The van der Waals surface area contributed by atoms with Gasteiger partial charge in [-0.15, -0.1) is 0 Å². The number of methoxy groups -OCH3 is 1. The number of hydrogen-bond acceptors (Lipinski definition) is 3. The summed E-state index contributed by atoms with van der Waals surface area (Å²) < 4.78 is 4.68. The Morgan fingerprint density at radius 2 is 1.94 bits per heavy atom. The molecule has 0 fully saturated rings. The molecule has 1 unspecified atom stereocenters. The van der Waals surface area contributed by atoms with E-state index in [1.807, 2.05) is 25.1 Å². The van der Waals surface area contributed by atoms with Crippen LogP contribution in [0, 0.1) is 0 Å². The first-order valence-electron chi connectivity index (χ1n) is 5.84. The van der Waals surface area contributed by atoms with E-state index >= 15 is 0 Å². The van der Waals surface area contributed by atoms with Gasteiger partial charge in [0.25, 0.3) is 0 Å². The first kappa shape index (κ1) is 13.7. The lowest BCUT2D eigenvalue weighted by molar-refractivity contribution is -0.142. The average Bonchev–Trinajstić information content (AvgIpc) is 2.36. The summed E-state index contributed by atoms with van der Waals surface area (Å²) >= 11 is 0. The smallest absolute Gasteiger partial charge is 0.322 e. The summed E-state index contributed by atoms with van der Waals surface area (Å²) in [4.78, 5) is 11.3. The van der Waals surface area contributed by atoms with E-state index in [1.165, 1.54) is 12.7 Å². The zero-order chi connectivity index (χ0) is 12.9. The van der Waals surface area contributed by atoms with Crippen LogP contribution in [0.3, 0.4) is 0 Å². The van der Waals surface area contributed by atoms with Crippen molar-refractivity contribution in [1.29, 1.82) is 0 Å². The Balaban J connectivity index is 2.59. The van der Waals surface area contributed by atoms with Crippen molar-refractivity contribution in [3.8, 4) is 0 Å². The van der Waals surface area contributed by atoms with Crippen LogP contribution in [0.25, 0.3) is 0 Å². The number of hydrogen-bond donors (Lipinski definition) is 1. The van der Waals surface area contributed by atoms with Crippen molar-refractivity contribution in [1.82, 2.24) is 5.32 Å². The van der Waals surface area contributed by atoms with Gasteiger partial charge in [0.2, 0.25) is 0 Å². The number of nitrogens with one attached hydrogen (secondary N) is 1. The van der Waals surface area contributed by atoms with Crippen LogP contribution in [-0.4, -0.2) is 25.7 Å². The maximum atomic E-state index is 11.3. The summed E-state index contributed by atoms with van der Waals surface area (Å²) in [5.41, 5.74) is 1.24. The zero-order valence-corrected chi connectivity index (χ0v) is 11.0. The molecule has 1 rings (SSSR count). The standard InChI is InChI=1S/C14H21NO2/c1-11(13(16)17-4)15-10-14(2,3)12-8-6-5-7-9-12/h5-9,11,15H,10H2,1-4H3. The molecule has 0 radical (unpaired) electrons. The number of carbonyl (C=O) groups excluding carboxylic acids is 1. The van der Waals surface area contributed by atoms with E-state index in [-0.39, 0.29) is 17.4 Å². The average molecular weight is 235 g/mol. The molecule has 0 aromatic heterocycles. The lowest BCUT2D eigenvalue weighted by Gasteiger charge is -2.27. The monoisotopic (exact) mass is 235 g/mol. The number of carbonyl (C=O) groups is 1. The van der Waals surface area contributed by atoms with Gasteiger partial charge in [0.1, 0.15) is 6.04 Å². The third kappa shape index (κ3) is 3.86. The number of rotatable bonds is 5. The topological polar surface area (TPSA) is 38.3 Å². The van der Waals surface area contributed by atoms with Crippen LogP contribution >= 0.6 is 0 Å². The second kappa shape index (κ2) is 5.82. The van der Waals surface area contributed by atoms with Crippen LogP contribution < -0.4 is 5.32 Å². The second-order valence-electron chi connectivity index (χ2n) is 4.88. The predicted molar refractivity (Wildman–Crippen MR) is 68.9 cm³/mol. The van der Waals surface area contributed by atoms with Gasteiger partial charge in [0, 0.05) is 12.0 Å². The van der Waals surface area contributed by atoms with Crippen molar-refractivity contribution in [3.05, 3.63) is 35.9 Å². The number of benzene rings is 1. The molecule has 0 heterocycles. The van der Waals surface area contributed by atoms with E-state index in [1.54, 1.807) is 0 Å². The lowest BCUT2D eigenvalue weighted by Crippen LogP contribution is -2.42. The van der Waals surface area contributed by atoms with E-state index < -0.39 is 0 Å². The van der Waals surface area contributed by atoms with E-state index in [2.05, 4.69) is 36.0 Å². The molecular weight excluding hydrogens is 214 g/mol. The van der Waals surface area contributed by atoms with E-state index in [4.69, 9.17) is 0 Å². The van der Waals surface area contributed by atoms with Crippen LogP contribution in [0.15, 0.2) is 30.3 Å². The van der Waals surface area contributed by atoms with E-state index in [0.717, 1.165) is 6.54 Å². The van der Waals surface area contributed by atoms with Crippen LogP contribution in [0.5, 0.6) is 0 Å². The van der Waals surface area contributed by atoms with Crippen molar-refractivity contribution in [3.63, 3.8) is 0 Å². The fraction of sp³-hybridized carbons (Fsp3) is 0.500. The van der Waals surface area contributed by atoms with Gasteiger partial charge in [0.15, 0.2) is 0 Å². The van der Waals surface area contributed by atoms with Crippen molar-refractivity contribution >= 4 is 5.97 Å². The fourth-order valence-electron chi connectivity index (χ4n) is 1.66. The van der Waals surface area contributed by atoms with Gasteiger partial charge >= 0.3 is 5.97 Å². The predicted octanol–water partition coefficient (Wildman–Crippen LogP) is 2.12. The molecule has 3 heteroatoms. The first-order valence-corrected chi connectivity index (χ1v) is 5.84. The van der Waals surface area contributed by atoms with Gasteiger partial charge < -0.3 is 10.1 Å². The van der Waals surface area contributed by atoms with Gasteiger partial charge in [0.05, 0.1) is 7.11 Å². The van der Waals surface area contributed by atoms with Crippen molar-refractivity contribution < 1.29 is 9.53 Å². The molecule has 0 bridgehead atoms.